The molecule has 0 radical (unpaired) electrons. The Kier molecular flexibility index (Phi) is 20.9. The Morgan fingerprint density at radius 1 is 0.769 bits per heavy atom. The lowest BCUT2D eigenvalue weighted by Gasteiger charge is -2.01. The maximum atomic E-state index is 8.26. The third kappa shape index (κ3) is 24.5. The molecule has 0 heterocycles. The van der Waals surface area contributed by atoms with Crippen LogP contribution in [0.15, 0.2) is 0 Å². The fourth-order valence-electron chi connectivity index (χ4n) is 0.451. The first kappa shape index (κ1) is 15.3. The summed E-state index contributed by atoms with van der Waals surface area (Å²) in [5.74, 6) is 0. The molecule has 0 aliphatic carbocycles. The fourth-order valence-corrected chi connectivity index (χ4v) is 0.451. The van der Waals surface area contributed by atoms with Crippen molar-refractivity contribution in [3.05, 3.63) is 0 Å². The molecule has 0 aliphatic rings. The van der Waals surface area contributed by atoms with E-state index in [0.717, 1.165) is 0 Å². The Bertz CT molecular complexity index is 61.6. The summed E-state index contributed by atoms with van der Waals surface area (Å²) in [7, 11) is 0. The van der Waals surface area contributed by atoms with Gasteiger partial charge in [0.25, 0.3) is 0 Å². The summed E-state index contributed by atoms with van der Waals surface area (Å²) in [4.78, 5) is 0. The first-order valence-corrected chi connectivity index (χ1v) is 4.31. The minimum Gasteiger partial charge on any atom is -0.397 e. The molecule has 0 aromatic carbocycles. The van der Waals surface area contributed by atoms with Crippen LogP contribution in [0.5, 0.6) is 0 Å². The smallest absolute Gasteiger partial charge is 0.0701 e. The maximum Gasteiger partial charge on any atom is 0.0701 e. The maximum absolute atomic E-state index is 8.26. The number of hydrogen-bond acceptors (Lipinski definition) is 5. The molecule has 3 N–H and O–H groups in total. The Morgan fingerprint density at radius 2 is 1.08 bits per heavy atom. The monoisotopic (exact) mass is 196 g/mol. The molecular weight excluding hydrogens is 176 g/mol. The van der Waals surface area contributed by atoms with E-state index in [4.69, 9.17) is 24.8 Å². The molecule has 0 unspecified atom stereocenters. The summed E-state index contributed by atoms with van der Waals surface area (Å²) < 4.78 is 9.75. The summed E-state index contributed by atoms with van der Waals surface area (Å²) in [6, 6.07) is 0. The highest BCUT2D eigenvalue weighted by Crippen LogP contribution is 1.76. The van der Waals surface area contributed by atoms with Gasteiger partial charge in [-0.1, -0.05) is 0 Å². The highest BCUT2D eigenvalue weighted by Gasteiger charge is 1.86. The molecule has 0 saturated carbocycles. The summed E-state index contributed by atoms with van der Waals surface area (Å²) in [5, 5.41) is 24.1. The first-order chi connectivity index (χ1) is 6.33. The van der Waals surface area contributed by atoms with Gasteiger partial charge in [-0.25, -0.2) is 0 Å². The predicted octanol–water partition coefficient (Wildman–Crippen LogP) is -0.997. The zero-order valence-electron chi connectivity index (χ0n) is 8.11. The minimum absolute atomic E-state index is 0.0417. The molecule has 0 spiro atoms. The molecule has 0 aromatic rings. The van der Waals surface area contributed by atoms with Crippen molar-refractivity contribution in [2.45, 2.75) is 6.92 Å². The molecule has 0 amide bonds. The van der Waals surface area contributed by atoms with Crippen LogP contribution >= 0.6 is 0 Å². The lowest BCUT2D eigenvalue weighted by atomic mass is 10.7. The van der Waals surface area contributed by atoms with Gasteiger partial charge >= 0.3 is 0 Å². The highest BCUT2D eigenvalue weighted by atomic mass is 16.5. The Balaban J connectivity index is 0. The van der Waals surface area contributed by atoms with Gasteiger partial charge in [-0.3, -0.25) is 0 Å². The Labute approximate surface area is 78.9 Å². The molecule has 0 rings (SSSR count). The van der Waals surface area contributed by atoms with Crippen LogP contribution < -0.4 is 0 Å². The van der Waals surface area contributed by atoms with E-state index in [1.165, 1.54) is 0 Å². The molecule has 13 heavy (non-hydrogen) atoms. The second-order valence-corrected chi connectivity index (χ2v) is 1.99. The Hall–Kier alpha value is -0.200. The SMILES string of the molecule is CCO.OCCOCCOCCO. The molecule has 5 nitrogen and oxygen atoms in total. The third-order valence-electron chi connectivity index (χ3n) is 0.843. The first-order valence-electron chi connectivity index (χ1n) is 4.31. The van der Waals surface area contributed by atoms with Gasteiger partial charge in [0.05, 0.1) is 39.6 Å². The number of rotatable bonds is 7. The second-order valence-electron chi connectivity index (χ2n) is 1.99. The van der Waals surface area contributed by atoms with Gasteiger partial charge in [-0.2, -0.15) is 0 Å². The number of aliphatic hydroxyl groups is 3. The molecule has 5 heteroatoms. The largest absolute Gasteiger partial charge is 0.397 e. The third-order valence-corrected chi connectivity index (χ3v) is 0.843. The van der Waals surface area contributed by atoms with Crippen molar-refractivity contribution in [2.75, 3.05) is 46.2 Å². The van der Waals surface area contributed by atoms with E-state index in [9.17, 15) is 0 Å². The van der Waals surface area contributed by atoms with Crippen molar-refractivity contribution in [1.29, 1.82) is 0 Å². The molecule has 0 bridgehead atoms. The summed E-state index contributed by atoms with van der Waals surface area (Å²) in [6.45, 7) is 3.66. The lowest BCUT2D eigenvalue weighted by molar-refractivity contribution is 0.0222. The van der Waals surface area contributed by atoms with Gasteiger partial charge in [-0.15, -0.1) is 0 Å². The molecule has 82 valence electrons. The van der Waals surface area contributed by atoms with E-state index < -0.39 is 0 Å². The van der Waals surface area contributed by atoms with E-state index >= 15 is 0 Å². The van der Waals surface area contributed by atoms with Gasteiger partial charge < -0.3 is 24.8 Å². The van der Waals surface area contributed by atoms with Crippen molar-refractivity contribution in [3.63, 3.8) is 0 Å². The van der Waals surface area contributed by atoms with E-state index in [2.05, 4.69) is 0 Å². The number of ether oxygens (including phenoxy) is 2. The summed E-state index contributed by atoms with van der Waals surface area (Å²) in [6.07, 6.45) is 0. The van der Waals surface area contributed by atoms with E-state index in [1.54, 1.807) is 6.92 Å². The van der Waals surface area contributed by atoms with E-state index in [-0.39, 0.29) is 19.8 Å². The van der Waals surface area contributed by atoms with Gasteiger partial charge in [-0.05, 0) is 6.92 Å². The van der Waals surface area contributed by atoms with Crippen molar-refractivity contribution in [2.24, 2.45) is 0 Å². The highest BCUT2D eigenvalue weighted by molar-refractivity contribution is 4.30. The van der Waals surface area contributed by atoms with Crippen molar-refractivity contribution in [3.8, 4) is 0 Å². The van der Waals surface area contributed by atoms with E-state index in [0.29, 0.717) is 26.4 Å². The summed E-state index contributed by atoms with van der Waals surface area (Å²) >= 11 is 0. The van der Waals surface area contributed by atoms with Crippen molar-refractivity contribution < 1.29 is 24.8 Å². The molecule has 0 aromatic heterocycles. The van der Waals surface area contributed by atoms with Gasteiger partial charge in [0.15, 0.2) is 0 Å². The quantitative estimate of drug-likeness (QED) is 0.455. The van der Waals surface area contributed by atoms with Crippen molar-refractivity contribution in [1.82, 2.24) is 0 Å². The lowest BCUT2D eigenvalue weighted by Crippen LogP contribution is -2.09. The standard InChI is InChI=1S/C6H14O4.C2H6O/c7-1-3-9-5-6-10-4-2-8;1-2-3/h7-8H,1-6H2;3H,2H2,1H3. The Morgan fingerprint density at radius 3 is 1.31 bits per heavy atom. The van der Waals surface area contributed by atoms with Crippen LogP contribution in [-0.2, 0) is 9.47 Å². The van der Waals surface area contributed by atoms with Crippen LogP contribution in [0.3, 0.4) is 0 Å². The predicted molar refractivity (Wildman–Crippen MR) is 48.6 cm³/mol. The number of aliphatic hydroxyl groups excluding tert-OH is 3. The molecule has 0 fully saturated rings. The zero-order chi connectivity index (χ0) is 10.4. The molecule has 0 saturated heterocycles. The molecular formula is C8H20O5. The van der Waals surface area contributed by atoms with Crippen LogP contribution in [0.25, 0.3) is 0 Å². The van der Waals surface area contributed by atoms with E-state index in [1.807, 2.05) is 0 Å². The van der Waals surface area contributed by atoms with Crippen LogP contribution in [0.4, 0.5) is 0 Å². The van der Waals surface area contributed by atoms with Crippen LogP contribution in [0.2, 0.25) is 0 Å². The van der Waals surface area contributed by atoms with Crippen molar-refractivity contribution >= 4 is 0 Å². The van der Waals surface area contributed by atoms with Crippen LogP contribution in [-0.4, -0.2) is 61.6 Å². The average Bonchev–Trinajstić information content (AvgIpc) is 2.13. The minimum atomic E-state index is 0.0417. The molecule has 0 aliphatic heterocycles. The zero-order valence-corrected chi connectivity index (χ0v) is 8.11. The average molecular weight is 196 g/mol. The van der Waals surface area contributed by atoms with Gasteiger partial charge in [0.2, 0.25) is 0 Å². The van der Waals surface area contributed by atoms with Crippen LogP contribution in [0, 0.1) is 0 Å². The summed E-state index contributed by atoms with van der Waals surface area (Å²) in [5.41, 5.74) is 0. The fraction of sp³-hybridized carbons (Fsp3) is 1.00. The number of hydrogen-bond donors (Lipinski definition) is 3. The van der Waals surface area contributed by atoms with Gasteiger partial charge in [0.1, 0.15) is 0 Å². The second kappa shape index (κ2) is 17.8. The van der Waals surface area contributed by atoms with Crippen LogP contribution in [0.1, 0.15) is 6.92 Å². The molecule has 0 atom stereocenters. The topological polar surface area (TPSA) is 79.2 Å². The van der Waals surface area contributed by atoms with Gasteiger partial charge in [0, 0.05) is 6.61 Å². The normalized spacial score (nSPS) is 9.23.